The van der Waals surface area contributed by atoms with Gasteiger partial charge in [-0.05, 0) is 81.5 Å². The van der Waals surface area contributed by atoms with E-state index in [0.717, 1.165) is 37.0 Å². The van der Waals surface area contributed by atoms with Gasteiger partial charge < -0.3 is 11.1 Å². The molecule has 0 heterocycles. The number of amides is 1. The number of nitrogens with two attached hydrogens (primary N) is 1. The first-order valence-electron chi connectivity index (χ1n) is 9.10. The lowest BCUT2D eigenvalue weighted by molar-refractivity contribution is -0.133. The van der Waals surface area contributed by atoms with E-state index in [4.69, 9.17) is 5.73 Å². The third-order valence-electron chi connectivity index (χ3n) is 6.97. The number of hydrogen-bond acceptors (Lipinski definition) is 2. The lowest BCUT2D eigenvalue weighted by atomic mass is 9.53. The summed E-state index contributed by atoms with van der Waals surface area (Å²) >= 11 is 0. The maximum atomic E-state index is 12.8. The molecule has 5 aliphatic carbocycles. The molecule has 5 aliphatic rings. The van der Waals surface area contributed by atoms with Crippen LogP contribution in [0.2, 0.25) is 0 Å². The van der Waals surface area contributed by atoms with Crippen molar-refractivity contribution in [2.45, 2.75) is 76.3 Å². The van der Waals surface area contributed by atoms with Crippen LogP contribution in [0, 0.1) is 29.6 Å². The SMILES string of the molecule is CC1CC(N)CCC1C(=O)NC12CC3CC(CC(C3)C1)C2. The molecule has 5 fully saturated rings. The van der Waals surface area contributed by atoms with Gasteiger partial charge >= 0.3 is 0 Å². The van der Waals surface area contributed by atoms with E-state index < -0.39 is 0 Å². The lowest BCUT2D eigenvalue weighted by Crippen LogP contribution is -2.61. The summed E-state index contributed by atoms with van der Waals surface area (Å²) in [4.78, 5) is 12.8. The molecule has 0 aromatic carbocycles. The summed E-state index contributed by atoms with van der Waals surface area (Å²) in [5.74, 6) is 3.69. The van der Waals surface area contributed by atoms with Crippen LogP contribution in [0.5, 0.6) is 0 Å². The van der Waals surface area contributed by atoms with Crippen LogP contribution in [0.4, 0.5) is 0 Å². The van der Waals surface area contributed by atoms with Crippen molar-refractivity contribution in [1.29, 1.82) is 0 Å². The first-order chi connectivity index (χ1) is 10.0. The van der Waals surface area contributed by atoms with Gasteiger partial charge in [-0.15, -0.1) is 0 Å². The highest BCUT2D eigenvalue weighted by Crippen LogP contribution is 2.55. The molecular weight excluding hydrogens is 260 g/mol. The van der Waals surface area contributed by atoms with E-state index in [1.165, 1.54) is 38.5 Å². The van der Waals surface area contributed by atoms with E-state index in [-0.39, 0.29) is 11.5 Å². The Morgan fingerprint density at radius 3 is 2.10 bits per heavy atom. The van der Waals surface area contributed by atoms with Gasteiger partial charge in [-0.3, -0.25) is 4.79 Å². The predicted octanol–water partition coefficient (Wildman–Crippen LogP) is 2.83. The van der Waals surface area contributed by atoms with Crippen molar-refractivity contribution < 1.29 is 4.79 Å². The van der Waals surface area contributed by atoms with Gasteiger partial charge in [0, 0.05) is 17.5 Å². The highest BCUT2D eigenvalue weighted by atomic mass is 16.2. The molecule has 3 nitrogen and oxygen atoms in total. The minimum atomic E-state index is 0.172. The summed E-state index contributed by atoms with van der Waals surface area (Å²) in [5, 5.41) is 3.56. The van der Waals surface area contributed by atoms with E-state index in [0.29, 0.717) is 17.9 Å². The molecular formula is C18H30N2O. The van der Waals surface area contributed by atoms with Gasteiger partial charge in [-0.2, -0.15) is 0 Å². The van der Waals surface area contributed by atoms with Gasteiger partial charge in [0.2, 0.25) is 5.91 Å². The first-order valence-corrected chi connectivity index (χ1v) is 9.10. The zero-order valence-corrected chi connectivity index (χ0v) is 13.3. The zero-order valence-electron chi connectivity index (χ0n) is 13.3. The summed E-state index contributed by atoms with van der Waals surface area (Å²) in [6.07, 6.45) is 11.1. The topological polar surface area (TPSA) is 55.1 Å². The van der Waals surface area contributed by atoms with Crippen LogP contribution in [-0.4, -0.2) is 17.5 Å². The molecule has 0 aromatic rings. The second-order valence-electron chi connectivity index (χ2n) is 8.84. The van der Waals surface area contributed by atoms with Crippen molar-refractivity contribution in [3.63, 3.8) is 0 Å². The molecule has 3 N–H and O–H groups in total. The molecule has 5 rings (SSSR count). The smallest absolute Gasteiger partial charge is 0.223 e. The largest absolute Gasteiger partial charge is 0.350 e. The van der Waals surface area contributed by atoms with Crippen molar-refractivity contribution in [3.8, 4) is 0 Å². The van der Waals surface area contributed by atoms with Crippen LogP contribution in [0.3, 0.4) is 0 Å². The Balaban J connectivity index is 1.45. The van der Waals surface area contributed by atoms with Crippen LogP contribution in [0.25, 0.3) is 0 Å². The molecule has 0 aliphatic heterocycles. The van der Waals surface area contributed by atoms with Crippen LogP contribution >= 0.6 is 0 Å². The van der Waals surface area contributed by atoms with Gasteiger partial charge in [0.15, 0.2) is 0 Å². The minimum Gasteiger partial charge on any atom is -0.350 e. The van der Waals surface area contributed by atoms with Gasteiger partial charge in [0.25, 0.3) is 0 Å². The second kappa shape index (κ2) is 4.97. The minimum absolute atomic E-state index is 0.172. The Bertz CT molecular complexity index is 398. The van der Waals surface area contributed by atoms with Gasteiger partial charge in [0.1, 0.15) is 0 Å². The summed E-state index contributed by atoms with van der Waals surface area (Å²) in [6, 6.07) is 0.309. The number of carbonyl (C=O) groups is 1. The van der Waals surface area contributed by atoms with E-state index in [1.807, 2.05) is 0 Å². The molecule has 3 heteroatoms. The fraction of sp³-hybridized carbons (Fsp3) is 0.944. The molecule has 0 spiro atoms. The fourth-order valence-electron chi connectivity index (χ4n) is 6.45. The lowest BCUT2D eigenvalue weighted by Gasteiger charge is -2.57. The van der Waals surface area contributed by atoms with Gasteiger partial charge in [-0.1, -0.05) is 6.92 Å². The maximum absolute atomic E-state index is 12.8. The summed E-state index contributed by atoms with van der Waals surface area (Å²) in [6.45, 7) is 2.21. The third kappa shape index (κ3) is 2.52. The average Bonchev–Trinajstić information content (AvgIpc) is 2.35. The maximum Gasteiger partial charge on any atom is 0.223 e. The Labute approximate surface area is 128 Å². The summed E-state index contributed by atoms with van der Waals surface area (Å²) in [5.41, 5.74) is 6.22. The van der Waals surface area contributed by atoms with Gasteiger partial charge in [-0.25, -0.2) is 0 Å². The summed E-state index contributed by atoms with van der Waals surface area (Å²) in [7, 11) is 0. The number of rotatable bonds is 2. The Morgan fingerprint density at radius 1 is 1.00 bits per heavy atom. The molecule has 4 bridgehead atoms. The molecule has 0 aromatic heterocycles. The van der Waals surface area contributed by atoms with Crippen LogP contribution in [0.15, 0.2) is 0 Å². The third-order valence-corrected chi connectivity index (χ3v) is 6.97. The molecule has 0 saturated heterocycles. The molecule has 21 heavy (non-hydrogen) atoms. The molecule has 5 saturated carbocycles. The molecule has 3 unspecified atom stereocenters. The second-order valence-corrected chi connectivity index (χ2v) is 8.84. The summed E-state index contributed by atoms with van der Waals surface area (Å²) < 4.78 is 0. The standard InChI is InChI=1S/C18H30N2O/c1-11-4-15(19)2-3-16(11)17(21)20-18-8-12-5-13(9-18)7-14(6-12)10-18/h11-16H,2-10,19H2,1H3,(H,20,21). The highest BCUT2D eigenvalue weighted by Gasteiger charge is 2.52. The van der Waals surface area contributed by atoms with Crippen LogP contribution in [-0.2, 0) is 4.79 Å². The Kier molecular flexibility index (Phi) is 3.33. The zero-order chi connectivity index (χ0) is 14.6. The van der Waals surface area contributed by atoms with Crippen LogP contribution < -0.4 is 11.1 Å². The van der Waals surface area contributed by atoms with E-state index >= 15 is 0 Å². The number of nitrogens with one attached hydrogen (secondary N) is 1. The van der Waals surface area contributed by atoms with Crippen molar-refractivity contribution in [2.24, 2.45) is 35.3 Å². The Hall–Kier alpha value is -0.570. The normalized spacial score (nSPS) is 51.9. The van der Waals surface area contributed by atoms with E-state index in [2.05, 4.69) is 12.2 Å². The van der Waals surface area contributed by atoms with Crippen LogP contribution in [0.1, 0.15) is 64.7 Å². The van der Waals surface area contributed by atoms with Crippen molar-refractivity contribution in [2.75, 3.05) is 0 Å². The molecule has 118 valence electrons. The van der Waals surface area contributed by atoms with Crippen molar-refractivity contribution in [1.82, 2.24) is 5.32 Å². The van der Waals surface area contributed by atoms with Crippen molar-refractivity contribution in [3.05, 3.63) is 0 Å². The average molecular weight is 290 g/mol. The Morgan fingerprint density at radius 2 is 1.57 bits per heavy atom. The monoisotopic (exact) mass is 290 g/mol. The molecule has 0 radical (unpaired) electrons. The van der Waals surface area contributed by atoms with Crippen molar-refractivity contribution >= 4 is 5.91 Å². The van der Waals surface area contributed by atoms with E-state index in [9.17, 15) is 4.79 Å². The molecule has 3 atom stereocenters. The number of carbonyl (C=O) groups excluding carboxylic acids is 1. The fourth-order valence-corrected chi connectivity index (χ4v) is 6.45. The first kappa shape index (κ1) is 14.0. The van der Waals surface area contributed by atoms with E-state index in [1.54, 1.807) is 0 Å². The highest BCUT2D eigenvalue weighted by molar-refractivity contribution is 5.80. The molecule has 1 amide bonds. The quantitative estimate of drug-likeness (QED) is 0.821. The number of hydrogen-bond donors (Lipinski definition) is 2. The predicted molar refractivity (Wildman–Crippen MR) is 83.5 cm³/mol. The van der Waals surface area contributed by atoms with Gasteiger partial charge in [0.05, 0.1) is 0 Å².